The lowest BCUT2D eigenvalue weighted by Gasteiger charge is -2.06. The largest absolute Gasteiger partial charge is 0.497 e. The average Bonchev–Trinajstić information content (AvgIpc) is 3.16. The van der Waals surface area contributed by atoms with E-state index in [0.717, 1.165) is 11.3 Å². The van der Waals surface area contributed by atoms with Gasteiger partial charge in [-0.3, -0.25) is 4.79 Å². The van der Waals surface area contributed by atoms with Crippen LogP contribution in [0.15, 0.2) is 49.1 Å². The van der Waals surface area contributed by atoms with Gasteiger partial charge in [0.1, 0.15) is 18.4 Å². The highest BCUT2D eigenvalue weighted by Crippen LogP contribution is 2.12. The van der Waals surface area contributed by atoms with E-state index in [0.29, 0.717) is 18.8 Å². The van der Waals surface area contributed by atoms with E-state index in [1.165, 1.54) is 17.3 Å². The highest BCUT2D eigenvalue weighted by atomic mass is 16.5. The van der Waals surface area contributed by atoms with Gasteiger partial charge < -0.3 is 10.1 Å². The number of nitrogens with one attached hydrogen (secondary N) is 1. The number of benzene rings is 1. The van der Waals surface area contributed by atoms with Gasteiger partial charge in [0.15, 0.2) is 11.5 Å². The lowest BCUT2D eigenvalue weighted by atomic mass is 10.1. The molecule has 0 fully saturated rings. The SMILES string of the molecule is COc1cccc(CCNC(=O)c2ccc(-n3cncn3)nn2)c1. The topological polar surface area (TPSA) is 94.8 Å². The molecule has 8 heteroatoms. The summed E-state index contributed by atoms with van der Waals surface area (Å²) >= 11 is 0. The van der Waals surface area contributed by atoms with E-state index in [1.807, 2.05) is 24.3 Å². The summed E-state index contributed by atoms with van der Waals surface area (Å²) in [5.41, 5.74) is 1.34. The molecule has 1 aromatic carbocycles. The fraction of sp³-hybridized carbons (Fsp3) is 0.188. The number of carbonyl (C=O) groups excluding carboxylic acids is 1. The van der Waals surface area contributed by atoms with Crippen LogP contribution in [-0.4, -0.2) is 44.5 Å². The molecule has 0 unspecified atom stereocenters. The number of aromatic nitrogens is 5. The van der Waals surface area contributed by atoms with Crippen molar-refractivity contribution in [2.75, 3.05) is 13.7 Å². The molecule has 1 amide bonds. The monoisotopic (exact) mass is 324 g/mol. The van der Waals surface area contributed by atoms with Gasteiger partial charge in [0.2, 0.25) is 0 Å². The van der Waals surface area contributed by atoms with Crippen molar-refractivity contribution in [1.29, 1.82) is 0 Å². The van der Waals surface area contributed by atoms with Crippen molar-refractivity contribution in [3.05, 3.63) is 60.3 Å². The Morgan fingerprint density at radius 1 is 1.25 bits per heavy atom. The number of carbonyl (C=O) groups is 1. The van der Waals surface area contributed by atoms with Gasteiger partial charge in [0, 0.05) is 6.54 Å². The van der Waals surface area contributed by atoms with Gasteiger partial charge in [0.25, 0.3) is 5.91 Å². The molecular formula is C16H16N6O2. The summed E-state index contributed by atoms with van der Waals surface area (Å²) in [6.45, 7) is 0.499. The molecule has 2 aromatic heterocycles. The van der Waals surface area contributed by atoms with E-state index in [4.69, 9.17) is 4.74 Å². The summed E-state index contributed by atoms with van der Waals surface area (Å²) in [6, 6.07) is 11.0. The van der Waals surface area contributed by atoms with Crippen LogP contribution in [0.25, 0.3) is 5.82 Å². The number of methoxy groups -OCH3 is 1. The standard InChI is InChI=1S/C16H16N6O2/c1-24-13-4-2-3-12(9-13)7-8-18-16(23)14-5-6-15(21-20-14)22-11-17-10-19-22/h2-6,9-11H,7-8H2,1H3,(H,18,23). The maximum atomic E-state index is 12.1. The van der Waals surface area contributed by atoms with Gasteiger partial charge in [-0.05, 0) is 36.2 Å². The van der Waals surface area contributed by atoms with Gasteiger partial charge in [-0.2, -0.15) is 5.10 Å². The van der Waals surface area contributed by atoms with Gasteiger partial charge in [-0.15, -0.1) is 10.2 Å². The zero-order valence-corrected chi connectivity index (χ0v) is 13.1. The molecule has 0 aliphatic heterocycles. The second kappa shape index (κ2) is 7.32. The van der Waals surface area contributed by atoms with Gasteiger partial charge >= 0.3 is 0 Å². The Morgan fingerprint density at radius 3 is 2.88 bits per heavy atom. The van der Waals surface area contributed by atoms with Crippen molar-refractivity contribution in [2.24, 2.45) is 0 Å². The summed E-state index contributed by atoms with van der Waals surface area (Å²) in [6.07, 6.45) is 3.62. The molecule has 8 nitrogen and oxygen atoms in total. The minimum Gasteiger partial charge on any atom is -0.497 e. The van der Waals surface area contributed by atoms with E-state index in [2.05, 4.69) is 25.6 Å². The molecule has 0 atom stereocenters. The van der Waals surface area contributed by atoms with Crippen molar-refractivity contribution < 1.29 is 9.53 Å². The Kier molecular flexibility index (Phi) is 4.76. The molecule has 0 saturated carbocycles. The zero-order chi connectivity index (χ0) is 16.8. The predicted octanol–water partition coefficient (Wildman–Crippen LogP) is 1.04. The lowest BCUT2D eigenvalue weighted by molar-refractivity contribution is 0.0948. The maximum Gasteiger partial charge on any atom is 0.271 e. The maximum absolute atomic E-state index is 12.1. The molecule has 0 radical (unpaired) electrons. The Hall–Kier alpha value is -3.29. The van der Waals surface area contributed by atoms with Crippen molar-refractivity contribution >= 4 is 5.91 Å². The van der Waals surface area contributed by atoms with Gasteiger partial charge in [-0.1, -0.05) is 12.1 Å². The second-order valence-electron chi connectivity index (χ2n) is 4.97. The molecular weight excluding hydrogens is 308 g/mol. The molecule has 0 aliphatic carbocycles. The summed E-state index contributed by atoms with van der Waals surface area (Å²) in [7, 11) is 1.63. The van der Waals surface area contributed by atoms with Crippen LogP contribution in [0.4, 0.5) is 0 Å². The fourth-order valence-corrected chi connectivity index (χ4v) is 2.13. The summed E-state index contributed by atoms with van der Waals surface area (Å²) in [5, 5.41) is 14.7. The first kappa shape index (κ1) is 15.6. The third-order valence-electron chi connectivity index (χ3n) is 3.37. The van der Waals surface area contributed by atoms with E-state index in [1.54, 1.807) is 19.2 Å². The predicted molar refractivity (Wildman–Crippen MR) is 86.0 cm³/mol. The zero-order valence-electron chi connectivity index (χ0n) is 13.1. The molecule has 0 spiro atoms. The first-order valence-electron chi connectivity index (χ1n) is 7.36. The number of amides is 1. The van der Waals surface area contributed by atoms with Crippen LogP contribution in [0.2, 0.25) is 0 Å². The summed E-state index contributed by atoms with van der Waals surface area (Å²) in [5.74, 6) is 1.03. The molecule has 0 bridgehead atoms. The second-order valence-corrected chi connectivity index (χ2v) is 4.97. The smallest absolute Gasteiger partial charge is 0.271 e. The normalized spacial score (nSPS) is 10.4. The first-order chi connectivity index (χ1) is 11.8. The molecule has 2 heterocycles. The minimum atomic E-state index is -0.268. The highest BCUT2D eigenvalue weighted by Gasteiger charge is 2.08. The Balaban J connectivity index is 1.55. The molecule has 0 aliphatic rings. The van der Waals surface area contributed by atoms with Crippen LogP contribution in [0, 0.1) is 0 Å². The van der Waals surface area contributed by atoms with E-state index in [9.17, 15) is 4.79 Å². The summed E-state index contributed by atoms with van der Waals surface area (Å²) < 4.78 is 6.65. The van der Waals surface area contributed by atoms with Crippen molar-refractivity contribution in [3.63, 3.8) is 0 Å². The van der Waals surface area contributed by atoms with E-state index in [-0.39, 0.29) is 11.6 Å². The van der Waals surface area contributed by atoms with Crippen LogP contribution >= 0.6 is 0 Å². The Labute approximate surface area is 138 Å². The quantitative estimate of drug-likeness (QED) is 0.728. The number of nitrogens with zero attached hydrogens (tertiary/aromatic N) is 5. The van der Waals surface area contributed by atoms with E-state index < -0.39 is 0 Å². The number of hydrogen-bond donors (Lipinski definition) is 1. The molecule has 24 heavy (non-hydrogen) atoms. The molecule has 122 valence electrons. The number of rotatable bonds is 6. The molecule has 3 aromatic rings. The number of hydrogen-bond acceptors (Lipinski definition) is 6. The first-order valence-corrected chi connectivity index (χ1v) is 7.36. The van der Waals surface area contributed by atoms with Crippen LogP contribution in [0.5, 0.6) is 5.75 Å². The van der Waals surface area contributed by atoms with Crippen LogP contribution in [0.1, 0.15) is 16.1 Å². The minimum absolute atomic E-state index is 0.254. The third-order valence-corrected chi connectivity index (χ3v) is 3.37. The van der Waals surface area contributed by atoms with Crippen molar-refractivity contribution in [1.82, 2.24) is 30.3 Å². The van der Waals surface area contributed by atoms with E-state index >= 15 is 0 Å². The summed E-state index contributed by atoms with van der Waals surface area (Å²) in [4.78, 5) is 15.9. The molecule has 0 saturated heterocycles. The third kappa shape index (κ3) is 3.72. The van der Waals surface area contributed by atoms with Gasteiger partial charge in [-0.25, -0.2) is 9.67 Å². The fourth-order valence-electron chi connectivity index (χ4n) is 2.13. The van der Waals surface area contributed by atoms with Crippen LogP contribution < -0.4 is 10.1 Å². The van der Waals surface area contributed by atoms with Crippen LogP contribution in [0.3, 0.4) is 0 Å². The molecule has 1 N–H and O–H groups in total. The van der Waals surface area contributed by atoms with Crippen molar-refractivity contribution in [2.45, 2.75) is 6.42 Å². The average molecular weight is 324 g/mol. The molecule has 3 rings (SSSR count). The lowest BCUT2D eigenvalue weighted by Crippen LogP contribution is -2.26. The van der Waals surface area contributed by atoms with Crippen molar-refractivity contribution in [3.8, 4) is 11.6 Å². The highest BCUT2D eigenvalue weighted by molar-refractivity contribution is 5.92. The van der Waals surface area contributed by atoms with Crippen LogP contribution in [-0.2, 0) is 6.42 Å². The number of ether oxygens (including phenoxy) is 1. The Morgan fingerprint density at radius 2 is 2.17 bits per heavy atom. The van der Waals surface area contributed by atoms with Gasteiger partial charge in [0.05, 0.1) is 7.11 Å². The Bertz CT molecular complexity index is 802.